The predicted molar refractivity (Wildman–Crippen MR) is 76.3 cm³/mol. The fraction of sp³-hybridized carbons (Fsp3) is 0.143. The second-order valence-corrected chi connectivity index (χ2v) is 6.14. The Hall–Kier alpha value is -2.22. The molecule has 0 aliphatic heterocycles. The molecule has 0 saturated heterocycles. The highest BCUT2D eigenvalue weighted by Crippen LogP contribution is 2.33. The molecule has 0 spiro atoms. The molecule has 0 aliphatic rings. The average molecular weight is 331 g/mol. The number of rotatable bonds is 4. The Labute approximate surface area is 125 Å². The van der Waals surface area contributed by atoms with E-state index in [9.17, 15) is 21.6 Å². The fourth-order valence-electron chi connectivity index (χ4n) is 1.58. The van der Waals surface area contributed by atoms with Gasteiger partial charge in [-0.1, -0.05) is 29.8 Å². The van der Waals surface area contributed by atoms with Crippen molar-refractivity contribution in [1.29, 1.82) is 0 Å². The number of sulfonamides is 1. The van der Waals surface area contributed by atoms with E-state index in [2.05, 4.69) is 0 Å². The van der Waals surface area contributed by atoms with Crippen LogP contribution < -0.4 is 9.46 Å². The van der Waals surface area contributed by atoms with Gasteiger partial charge in [0.15, 0.2) is 5.75 Å². The number of ether oxygens (including phenoxy) is 1. The summed E-state index contributed by atoms with van der Waals surface area (Å²) in [6.45, 7) is 1.87. The molecular weight excluding hydrogens is 319 g/mol. The predicted octanol–water partition coefficient (Wildman–Crippen LogP) is 4.05. The van der Waals surface area contributed by atoms with Crippen molar-refractivity contribution in [1.82, 2.24) is 0 Å². The Morgan fingerprint density at radius 1 is 1.00 bits per heavy atom. The minimum Gasteiger partial charge on any atom is -0.455 e. The quantitative estimate of drug-likeness (QED) is 0.919. The SMILES string of the molecule is Cc1ccc(Oc2ccccc2NS(=O)(=O)C(F)(F)F)cc1. The number of benzene rings is 2. The zero-order valence-electron chi connectivity index (χ0n) is 11.4. The van der Waals surface area contributed by atoms with E-state index in [-0.39, 0.29) is 11.4 Å². The zero-order chi connectivity index (χ0) is 16.4. The van der Waals surface area contributed by atoms with Gasteiger partial charge >= 0.3 is 15.5 Å². The molecule has 2 aromatic rings. The van der Waals surface area contributed by atoms with Gasteiger partial charge in [-0.05, 0) is 31.2 Å². The van der Waals surface area contributed by atoms with Crippen molar-refractivity contribution >= 4 is 15.7 Å². The second-order valence-electron chi connectivity index (χ2n) is 4.46. The molecule has 1 N–H and O–H groups in total. The molecule has 22 heavy (non-hydrogen) atoms. The highest BCUT2D eigenvalue weighted by molar-refractivity contribution is 7.93. The van der Waals surface area contributed by atoms with Gasteiger partial charge in [0.05, 0.1) is 5.69 Å². The number of hydrogen-bond acceptors (Lipinski definition) is 3. The minimum atomic E-state index is -5.50. The van der Waals surface area contributed by atoms with Crippen molar-refractivity contribution in [3.63, 3.8) is 0 Å². The zero-order valence-corrected chi connectivity index (χ0v) is 12.2. The molecule has 2 aromatic carbocycles. The first-order valence-corrected chi connectivity index (χ1v) is 7.60. The summed E-state index contributed by atoms with van der Waals surface area (Å²) in [5, 5.41) is 0. The van der Waals surface area contributed by atoms with Crippen LogP contribution in [-0.2, 0) is 10.0 Å². The van der Waals surface area contributed by atoms with Gasteiger partial charge in [0, 0.05) is 0 Å². The summed E-state index contributed by atoms with van der Waals surface area (Å²) in [6, 6.07) is 12.3. The maximum atomic E-state index is 12.4. The molecule has 0 atom stereocenters. The van der Waals surface area contributed by atoms with E-state index in [1.807, 2.05) is 6.92 Å². The van der Waals surface area contributed by atoms with Gasteiger partial charge in [-0.3, -0.25) is 4.72 Å². The molecule has 8 heteroatoms. The minimum absolute atomic E-state index is 0.0285. The van der Waals surface area contributed by atoms with E-state index in [1.54, 1.807) is 24.3 Å². The third-order valence-corrected chi connectivity index (χ3v) is 3.78. The smallest absolute Gasteiger partial charge is 0.455 e. The average Bonchev–Trinajstić information content (AvgIpc) is 2.42. The summed E-state index contributed by atoms with van der Waals surface area (Å²) >= 11 is 0. The van der Waals surface area contributed by atoms with Crippen LogP contribution in [0.5, 0.6) is 11.5 Å². The summed E-state index contributed by atoms with van der Waals surface area (Å²) in [7, 11) is -5.50. The topological polar surface area (TPSA) is 55.4 Å². The normalized spacial score (nSPS) is 12.0. The summed E-state index contributed by atoms with van der Waals surface area (Å²) < 4.78 is 66.6. The molecule has 0 radical (unpaired) electrons. The third kappa shape index (κ3) is 3.70. The maximum Gasteiger partial charge on any atom is 0.516 e. The molecule has 0 heterocycles. The molecular formula is C14H12F3NO3S. The lowest BCUT2D eigenvalue weighted by Gasteiger charge is -2.14. The lowest BCUT2D eigenvalue weighted by Crippen LogP contribution is -2.30. The van der Waals surface area contributed by atoms with Gasteiger partial charge in [-0.2, -0.15) is 21.6 Å². The molecule has 0 amide bonds. The van der Waals surface area contributed by atoms with E-state index < -0.39 is 15.5 Å². The molecule has 0 saturated carbocycles. The van der Waals surface area contributed by atoms with Crippen LogP contribution in [0.3, 0.4) is 0 Å². The summed E-state index contributed by atoms with van der Waals surface area (Å²) in [5.74, 6) is 0.350. The van der Waals surface area contributed by atoms with Crippen LogP contribution in [0.2, 0.25) is 0 Å². The van der Waals surface area contributed by atoms with Crippen LogP contribution in [0.25, 0.3) is 0 Å². The first-order chi connectivity index (χ1) is 10.2. The van der Waals surface area contributed by atoms with Crippen molar-refractivity contribution < 1.29 is 26.3 Å². The number of halogens is 3. The Morgan fingerprint density at radius 2 is 1.59 bits per heavy atom. The molecule has 0 unspecified atom stereocenters. The van der Waals surface area contributed by atoms with Gasteiger partial charge in [-0.15, -0.1) is 0 Å². The van der Waals surface area contributed by atoms with Crippen molar-refractivity contribution in [2.24, 2.45) is 0 Å². The van der Waals surface area contributed by atoms with Crippen molar-refractivity contribution in [3.05, 3.63) is 54.1 Å². The highest BCUT2D eigenvalue weighted by atomic mass is 32.2. The highest BCUT2D eigenvalue weighted by Gasteiger charge is 2.46. The van der Waals surface area contributed by atoms with E-state index in [4.69, 9.17) is 4.74 Å². The molecule has 0 aliphatic carbocycles. The Morgan fingerprint density at radius 3 is 2.18 bits per heavy atom. The van der Waals surface area contributed by atoms with Crippen molar-refractivity contribution in [2.45, 2.75) is 12.4 Å². The van der Waals surface area contributed by atoms with Crippen LogP contribution >= 0.6 is 0 Å². The molecule has 0 fully saturated rings. The van der Waals surface area contributed by atoms with Crippen LogP contribution in [0.4, 0.5) is 18.9 Å². The van der Waals surface area contributed by atoms with Gasteiger partial charge in [0.2, 0.25) is 0 Å². The van der Waals surface area contributed by atoms with E-state index in [0.29, 0.717) is 5.75 Å². The number of alkyl halides is 3. The number of para-hydroxylation sites is 2. The number of aryl methyl sites for hydroxylation is 1. The maximum absolute atomic E-state index is 12.4. The van der Waals surface area contributed by atoms with Gasteiger partial charge < -0.3 is 4.74 Å². The van der Waals surface area contributed by atoms with Crippen LogP contribution in [0, 0.1) is 6.92 Å². The Kier molecular flexibility index (Phi) is 4.32. The van der Waals surface area contributed by atoms with E-state index in [1.165, 1.54) is 29.0 Å². The molecule has 0 bridgehead atoms. The monoisotopic (exact) mass is 331 g/mol. The molecule has 118 valence electrons. The van der Waals surface area contributed by atoms with E-state index >= 15 is 0 Å². The molecule has 2 rings (SSSR count). The summed E-state index contributed by atoms with van der Waals surface area (Å²) in [4.78, 5) is 0. The molecule has 0 aromatic heterocycles. The number of hydrogen-bond donors (Lipinski definition) is 1. The fourth-order valence-corrected chi connectivity index (χ4v) is 2.15. The van der Waals surface area contributed by atoms with Crippen LogP contribution in [0.15, 0.2) is 48.5 Å². The first-order valence-electron chi connectivity index (χ1n) is 6.12. The van der Waals surface area contributed by atoms with Crippen LogP contribution in [0.1, 0.15) is 5.56 Å². The lowest BCUT2D eigenvalue weighted by molar-refractivity contribution is -0.0429. The Bertz CT molecular complexity index is 756. The second kappa shape index (κ2) is 5.88. The summed E-state index contributed by atoms with van der Waals surface area (Å²) in [6.07, 6.45) is 0. The summed E-state index contributed by atoms with van der Waals surface area (Å²) in [5.41, 5.74) is -4.71. The standard InChI is InChI=1S/C14H12F3NO3S/c1-10-6-8-11(9-7-10)21-13-5-3-2-4-12(13)18-22(19,20)14(15,16)17/h2-9,18H,1H3. The van der Waals surface area contributed by atoms with Crippen molar-refractivity contribution in [2.75, 3.05) is 4.72 Å². The van der Waals surface area contributed by atoms with Crippen molar-refractivity contribution in [3.8, 4) is 11.5 Å². The number of nitrogens with one attached hydrogen (secondary N) is 1. The van der Waals surface area contributed by atoms with Gasteiger partial charge in [0.1, 0.15) is 5.75 Å². The van der Waals surface area contributed by atoms with Crippen LogP contribution in [-0.4, -0.2) is 13.9 Å². The molecule has 4 nitrogen and oxygen atoms in total. The largest absolute Gasteiger partial charge is 0.516 e. The number of anilines is 1. The third-order valence-electron chi connectivity index (χ3n) is 2.68. The lowest BCUT2D eigenvalue weighted by atomic mass is 10.2. The van der Waals surface area contributed by atoms with Gasteiger partial charge in [-0.25, -0.2) is 0 Å². The van der Waals surface area contributed by atoms with E-state index in [0.717, 1.165) is 5.56 Å². The van der Waals surface area contributed by atoms with Gasteiger partial charge in [0.25, 0.3) is 0 Å². The first kappa shape index (κ1) is 16.2. The Balaban J connectivity index is 2.29.